The summed E-state index contributed by atoms with van der Waals surface area (Å²) >= 11 is 0. The summed E-state index contributed by atoms with van der Waals surface area (Å²) in [6.45, 7) is 9.31. The van der Waals surface area contributed by atoms with Crippen LogP contribution in [-0.2, 0) is 0 Å². The highest BCUT2D eigenvalue weighted by Crippen LogP contribution is 2.09. The van der Waals surface area contributed by atoms with E-state index in [2.05, 4.69) is 31.1 Å². The Bertz CT molecular complexity index is 279. The molecule has 0 aromatic carbocycles. The van der Waals surface area contributed by atoms with Crippen molar-refractivity contribution in [3.05, 3.63) is 24.5 Å². The average molecular weight is 208 g/mol. The van der Waals surface area contributed by atoms with Gasteiger partial charge in [0.25, 0.3) is 0 Å². The lowest BCUT2D eigenvalue weighted by atomic mass is 10.1. The molecule has 0 amide bonds. The molecule has 1 N–H and O–H groups in total. The van der Waals surface area contributed by atoms with E-state index in [4.69, 9.17) is 4.74 Å². The predicted octanol–water partition coefficient (Wildman–Crippen LogP) is 2.24. The molecule has 0 radical (unpaired) electrons. The molecule has 1 aromatic rings. The van der Waals surface area contributed by atoms with Crippen LogP contribution in [-0.4, -0.2) is 23.2 Å². The summed E-state index contributed by atoms with van der Waals surface area (Å²) in [5.41, 5.74) is 0.132. The van der Waals surface area contributed by atoms with Crippen molar-refractivity contribution >= 4 is 0 Å². The van der Waals surface area contributed by atoms with Gasteiger partial charge in [0.05, 0.1) is 6.20 Å². The SMILES string of the molecule is CC(CNC(C)(C)C)Oc1cccnc1. The second kappa shape index (κ2) is 5.12. The molecule has 1 aromatic heterocycles. The fourth-order valence-corrected chi connectivity index (χ4v) is 1.14. The summed E-state index contributed by atoms with van der Waals surface area (Å²) in [6, 6.07) is 3.79. The quantitative estimate of drug-likeness (QED) is 0.824. The first-order valence-electron chi connectivity index (χ1n) is 5.29. The number of hydrogen-bond donors (Lipinski definition) is 1. The molecule has 1 heterocycles. The van der Waals surface area contributed by atoms with Crippen LogP contribution in [0.4, 0.5) is 0 Å². The molecule has 84 valence electrons. The van der Waals surface area contributed by atoms with Crippen molar-refractivity contribution in [1.82, 2.24) is 10.3 Å². The van der Waals surface area contributed by atoms with Gasteiger partial charge in [0.1, 0.15) is 11.9 Å². The first-order valence-corrected chi connectivity index (χ1v) is 5.29. The fourth-order valence-electron chi connectivity index (χ4n) is 1.14. The number of ether oxygens (including phenoxy) is 1. The van der Waals surface area contributed by atoms with Crippen LogP contribution < -0.4 is 10.1 Å². The molecule has 0 fully saturated rings. The minimum atomic E-state index is 0.132. The Morgan fingerprint density at radius 3 is 2.73 bits per heavy atom. The van der Waals surface area contributed by atoms with Gasteiger partial charge in [0.15, 0.2) is 0 Å². The van der Waals surface area contributed by atoms with E-state index < -0.39 is 0 Å². The van der Waals surface area contributed by atoms with Gasteiger partial charge in [-0.05, 0) is 39.8 Å². The Morgan fingerprint density at radius 2 is 2.20 bits per heavy atom. The van der Waals surface area contributed by atoms with Crippen molar-refractivity contribution in [3.63, 3.8) is 0 Å². The van der Waals surface area contributed by atoms with Crippen molar-refractivity contribution in [3.8, 4) is 5.75 Å². The lowest BCUT2D eigenvalue weighted by Crippen LogP contribution is -2.41. The Hall–Kier alpha value is -1.09. The molecule has 0 saturated carbocycles. The van der Waals surface area contributed by atoms with Crippen LogP contribution in [0.25, 0.3) is 0 Å². The van der Waals surface area contributed by atoms with E-state index in [0.29, 0.717) is 0 Å². The Kier molecular flexibility index (Phi) is 4.09. The van der Waals surface area contributed by atoms with E-state index in [1.807, 2.05) is 19.1 Å². The summed E-state index contributed by atoms with van der Waals surface area (Å²) < 4.78 is 5.68. The number of nitrogens with zero attached hydrogens (tertiary/aromatic N) is 1. The molecule has 15 heavy (non-hydrogen) atoms. The molecule has 0 bridgehead atoms. The summed E-state index contributed by atoms with van der Waals surface area (Å²) in [4.78, 5) is 4.00. The standard InChI is InChI=1S/C12H20N2O/c1-10(8-14-12(2,3)4)15-11-6-5-7-13-9-11/h5-7,9-10,14H,8H2,1-4H3. The highest BCUT2D eigenvalue weighted by atomic mass is 16.5. The van der Waals surface area contributed by atoms with E-state index in [9.17, 15) is 0 Å². The smallest absolute Gasteiger partial charge is 0.138 e. The third kappa shape index (κ3) is 5.37. The number of nitrogens with one attached hydrogen (secondary N) is 1. The first-order chi connectivity index (χ1) is 6.97. The van der Waals surface area contributed by atoms with Crippen molar-refractivity contribution in [2.75, 3.05) is 6.54 Å². The lowest BCUT2D eigenvalue weighted by molar-refractivity contribution is 0.202. The molecule has 1 atom stereocenters. The monoisotopic (exact) mass is 208 g/mol. The Labute approximate surface area is 91.9 Å². The molecular formula is C12H20N2O. The van der Waals surface area contributed by atoms with E-state index in [-0.39, 0.29) is 11.6 Å². The van der Waals surface area contributed by atoms with Gasteiger partial charge in [-0.1, -0.05) is 0 Å². The van der Waals surface area contributed by atoms with Crippen LogP contribution >= 0.6 is 0 Å². The third-order valence-electron chi connectivity index (χ3n) is 1.89. The fraction of sp³-hybridized carbons (Fsp3) is 0.583. The first kappa shape index (κ1) is 12.0. The van der Waals surface area contributed by atoms with Gasteiger partial charge in [0.2, 0.25) is 0 Å². The minimum Gasteiger partial charge on any atom is -0.488 e. The summed E-state index contributed by atoms with van der Waals surface area (Å²) in [5, 5.41) is 3.40. The number of hydrogen-bond acceptors (Lipinski definition) is 3. The maximum atomic E-state index is 5.68. The van der Waals surface area contributed by atoms with Crippen LogP contribution in [0.3, 0.4) is 0 Å². The van der Waals surface area contributed by atoms with Crippen LogP contribution in [0.1, 0.15) is 27.7 Å². The van der Waals surface area contributed by atoms with Gasteiger partial charge in [0, 0.05) is 18.3 Å². The van der Waals surface area contributed by atoms with Crippen LogP contribution in [0.2, 0.25) is 0 Å². The third-order valence-corrected chi connectivity index (χ3v) is 1.89. The van der Waals surface area contributed by atoms with Gasteiger partial charge < -0.3 is 10.1 Å². The van der Waals surface area contributed by atoms with Crippen molar-refractivity contribution < 1.29 is 4.74 Å². The zero-order valence-electron chi connectivity index (χ0n) is 9.95. The van der Waals surface area contributed by atoms with Crippen LogP contribution in [0, 0.1) is 0 Å². The highest BCUT2D eigenvalue weighted by Gasteiger charge is 2.11. The molecule has 1 unspecified atom stereocenters. The molecule has 3 nitrogen and oxygen atoms in total. The Balaban J connectivity index is 2.34. The summed E-state index contributed by atoms with van der Waals surface area (Å²) in [7, 11) is 0. The highest BCUT2D eigenvalue weighted by molar-refractivity contribution is 5.15. The normalized spacial score (nSPS) is 13.6. The molecule has 0 aliphatic rings. The summed E-state index contributed by atoms with van der Waals surface area (Å²) in [6.07, 6.45) is 3.62. The van der Waals surface area contributed by atoms with Crippen molar-refractivity contribution in [2.24, 2.45) is 0 Å². The largest absolute Gasteiger partial charge is 0.488 e. The maximum Gasteiger partial charge on any atom is 0.138 e. The minimum absolute atomic E-state index is 0.132. The topological polar surface area (TPSA) is 34.1 Å². The lowest BCUT2D eigenvalue weighted by Gasteiger charge is -2.23. The van der Waals surface area contributed by atoms with Crippen molar-refractivity contribution in [1.29, 1.82) is 0 Å². The predicted molar refractivity (Wildman–Crippen MR) is 62.1 cm³/mol. The number of pyridine rings is 1. The second-order valence-corrected chi connectivity index (χ2v) is 4.75. The number of aromatic nitrogens is 1. The molecule has 0 aliphatic carbocycles. The van der Waals surface area contributed by atoms with Gasteiger partial charge in [-0.2, -0.15) is 0 Å². The Morgan fingerprint density at radius 1 is 1.47 bits per heavy atom. The van der Waals surface area contributed by atoms with E-state index in [1.165, 1.54) is 0 Å². The van der Waals surface area contributed by atoms with Crippen LogP contribution in [0.5, 0.6) is 5.75 Å². The van der Waals surface area contributed by atoms with E-state index in [0.717, 1.165) is 12.3 Å². The van der Waals surface area contributed by atoms with Crippen molar-refractivity contribution in [2.45, 2.75) is 39.3 Å². The molecule has 3 heteroatoms. The average Bonchev–Trinajstić information content (AvgIpc) is 2.15. The molecular weight excluding hydrogens is 188 g/mol. The van der Waals surface area contributed by atoms with Gasteiger partial charge >= 0.3 is 0 Å². The molecule has 0 saturated heterocycles. The maximum absolute atomic E-state index is 5.68. The second-order valence-electron chi connectivity index (χ2n) is 4.75. The zero-order valence-corrected chi connectivity index (χ0v) is 9.95. The molecule has 0 aliphatic heterocycles. The van der Waals surface area contributed by atoms with E-state index in [1.54, 1.807) is 12.4 Å². The summed E-state index contributed by atoms with van der Waals surface area (Å²) in [5.74, 6) is 0.820. The molecule has 0 spiro atoms. The van der Waals surface area contributed by atoms with Gasteiger partial charge in [-0.15, -0.1) is 0 Å². The van der Waals surface area contributed by atoms with E-state index >= 15 is 0 Å². The van der Waals surface area contributed by atoms with Crippen LogP contribution in [0.15, 0.2) is 24.5 Å². The molecule has 1 rings (SSSR count). The number of rotatable bonds is 4. The van der Waals surface area contributed by atoms with Gasteiger partial charge in [-0.25, -0.2) is 0 Å². The van der Waals surface area contributed by atoms with Gasteiger partial charge in [-0.3, -0.25) is 4.98 Å². The zero-order chi connectivity index (χ0) is 11.3.